The number of alkyl halides is 6. The fraction of sp³-hybridized carbons (Fsp3) is 1.00. The molecule has 10 nitrogen and oxygen atoms in total. The van der Waals surface area contributed by atoms with Crippen LogP contribution in [0.3, 0.4) is 0 Å². The summed E-state index contributed by atoms with van der Waals surface area (Å²) < 4.78 is 136. The van der Waals surface area contributed by atoms with Crippen LogP contribution in [0.15, 0.2) is 0 Å². The van der Waals surface area contributed by atoms with Gasteiger partial charge in [0.25, 0.3) is 6.43 Å². The maximum atomic E-state index is 12.8. The van der Waals surface area contributed by atoms with E-state index in [0.717, 1.165) is 64.4 Å². The van der Waals surface area contributed by atoms with E-state index < -0.39 is 24.9 Å². The lowest BCUT2D eigenvalue weighted by atomic mass is 9.65. The Balaban J connectivity index is 0.000000805. The number of methoxy groups -OCH3 is 1. The van der Waals surface area contributed by atoms with E-state index in [1.807, 2.05) is 0 Å². The minimum atomic E-state index is -2.36. The number of hydrogen-bond donors (Lipinski definition) is 0. The van der Waals surface area contributed by atoms with Crippen molar-refractivity contribution in [2.45, 2.75) is 583 Å². The van der Waals surface area contributed by atoms with Crippen molar-refractivity contribution >= 4 is 0 Å². The Morgan fingerprint density at radius 3 is 0.832 bits per heavy atom. The zero-order chi connectivity index (χ0) is 113. The first-order valence-corrected chi connectivity index (χ1v) is 57.5. The lowest BCUT2D eigenvalue weighted by Crippen LogP contribution is -2.49. The molecule has 26 atom stereocenters. The summed E-state index contributed by atoms with van der Waals surface area (Å²) in [4.78, 5) is 0. The third-order valence-corrected chi connectivity index (χ3v) is 33.0. The third kappa shape index (κ3) is 47.8. The summed E-state index contributed by atoms with van der Waals surface area (Å²) in [5, 5.41) is 0. The van der Waals surface area contributed by atoms with Gasteiger partial charge < -0.3 is 47.4 Å². The maximum absolute atomic E-state index is 12.8. The third-order valence-electron chi connectivity index (χ3n) is 33.0. The van der Waals surface area contributed by atoms with Crippen LogP contribution >= 0.6 is 0 Å². The highest BCUT2D eigenvalue weighted by Gasteiger charge is 2.53. The van der Waals surface area contributed by atoms with Crippen molar-refractivity contribution in [3.05, 3.63) is 0 Å². The quantitative estimate of drug-likeness (QED) is 0.230. The van der Waals surface area contributed by atoms with Gasteiger partial charge in [0, 0.05) is 38.8 Å². The van der Waals surface area contributed by atoms with Gasteiger partial charge in [0.05, 0.1) is 99.7 Å². The molecule has 858 valence electrons. The van der Waals surface area contributed by atoms with Crippen LogP contribution in [0.4, 0.5) is 26.3 Å². The van der Waals surface area contributed by atoms with Crippen molar-refractivity contribution in [3.8, 4) is 0 Å². The van der Waals surface area contributed by atoms with Crippen molar-refractivity contribution in [3.63, 3.8) is 0 Å². The normalized spacial score (nSPS) is 32.5. The Kier molecular flexibility index (Phi) is 54.1. The van der Waals surface area contributed by atoms with E-state index in [9.17, 15) is 26.3 Å². The van der Waals surface area contributed by atoms with Crippen molar-refractivity contribution in [1.29, 1.82) is 0 Å². The molecule has 0 aromatic rings. The molecule has 9 heterocycles. The monoisotopic (exact) mass is 2050 g/mol. The molecule has 0 N–H and O–H groups in total. The lowest BCUT2D eigenvalue weighted by molar-refractivity contribution is -0.189. The summed E-state index contributed by atoms with van der Waals surface area (Å²) in [6.07, 6.45) is 13.6. The molecule has 143 heavy (non-hydrogen) atoms. The molecule has 0 aliphatic carbocycles. The highest BCUT2D eigenvalue weighted by molar-refractivity contribution is 5.02. The zero-order valence-corrected chi connectivity index (χ0v) is 106. The van der Waals surface area contributed by atoms with E-state index in [1.165, 1.54) is 51.4 Å². The van der Waals surface area contributed by atoms with Crippen molar-refractivity contribution in [2.75, 3.05) is 60.1 Å². The lowest BCUT2D eigenvalue weighted by Gasteiger charge is -2.48. The second-order valence-electron chi connectivity index (χ2n) is 66.0. The molecule has 9 fully saturated rings. The van der Waals surface area contributed by atoms with Gasteiger partial charge in [-0.3, -0.25) is 4.39 Å². The molecule has 0 aromatic heterocycles. The van der Waals surface area contributed by atoms with E-state index in [2.05, 4.69) is 395 Å². The summed E-state index contributed by atoms with van der Waals surface area (Å²) in [7, 11) is 1.76. The molecule has 0 radical (unpaired) electrons. The van der Waals surface area contributed by atoms with E-state index in [4.69, 9.17) is 47.4 Å². The standard InChI is InChI=1S/C15H30O2.C15H30O.2C14H26F2O.2C14H27FO.2C14H28O.C13H26O/c1-14(2,3)12-9-8-11(10-16-7)17-13(12)15(4,5)6;1-8-11-9-12(14(2,3)4)13(16-10-11)15(5,6)7;1-13(2,3)10-7-9(12(15)16)8-17-11(10)14(4,5)6;1-13(2,3)9-7-8-10(12(15)16)17-11(9)14(4,5)6;1-13(2,3)11-7-10(8-15)9-16-12(11)14(4,5)6;1-13(2,3)11-8-7-10(9-15)16-12(11)14(4,5)6;1-10-8-11(13(2,3)4)12(15-9-10)14(5,6)7;1-10-8-9-11(13(2,3)4)12(15-10)14(5,6)7;1-12(2,3)10-8-7-9-14-11(10)13(4,5)6/h11-13H,8-10H2,1-7H3;11-13H,8-10H2,1-7H3;2*9-12H,7-8H2,1-6H3;2*10-12H,7-9H2,1-6H3;2*10-12H,8-9H2,1-7H3;10-11H,7-9H2,1-6H3/t2*11?,12-,13?;9?,10-,11?;9-,10?,11?;4*10?,11-,12?;10-,11?/m000000000/s1. The van der Waals surface area contributed by atoms with E-state index >= 15 is 0 Å². The molecule has 9 aliphatic rings. The summed E-state index contributed by atoms with van der Waals surface area (Å²) >= 11 is 0. The Hall–Kier alpha value is -0.820. The molecule has 9 rings (SSSR count). The molecule has 9 aliphatic heterocycles. The van der Waals surface area contributed by atoms with Gasteiger partial charge >= 0.3 is 0 Å². The molecule has 0 amide bonds. The van der Waals surface area contributed by atoms with Crippen LogP contribution in [-0.4, -0.2) is 152 Å². The zero-order valence-electron chi connectivity index (χ0n) is 106. The van der Waals surface area contributed by atoms with Crippen LogP contribution in [0.25, 0.3) is 0 Å². The van der Waals surface area contributed by atoms with Gasteiger partial charge in [-0.25, -0.2) is 22.0 Å². The Morgan fingerprint density at radius 2 is 0.524 bits per heavy atom. The van der Waals surface area contributed by atoms with Gasteiger partial charge in [-0.2, -0.15) is 0 Å². The predicted octanol–water partition coefficient (Wildman–Crippen LogP) is 37.8. The molecule has 0 bridgehead atoms. The molecule has 0 aromatic carbocycles. The van der Waals surface area contributed by atoms with Gasteiger partial charge in [0.2, 0.25) is 6.43 Å². The average Bonchev–Trinajstić information content (AvgIpc) is 0.774. The second kappa shape index (κ2) is 55.2. The first kappa shape index (κ1) is 140. The molecule has 16 heteroatoms. The second-order valence-corrected chi connectivity index (χ2v) is 66.0. The largest absolute Gasteiger partial charge is 0.382 e. The molecule has 0 spiro atoms. The first-order chi connectivity index (χ1) is 63.7. The van der Waals surface area contributed by atoms with Gasteiger partial charge in [-0.15, -0.1) is 0 Å². The number of halogens is 6. The summed E-state index contributed by atoms with van der Waals surface area (Å²) in [6.45, 7) is 132. The van der Waals surface area contributed by atoms with Crippen LogP contribution in [0.1, 0.15) is 491 Å². The Morgan fingerprint density at radius 1 is 0.252 bits per heavy atom. The molecular weight excluding hydrogens is 1800 g/mol. The number of ether oxygens (including phenoxy) is 10. The minimum absolute atomic E-state index is 0.00500. The highest BCUT2D eigenvalue weighted by Crippen LogP contribution is 2.55. The van der Waals surface area contributed by atoms with Gasteiger partial charge in [0.1, 0.15) is 12.8 Å². The maximum Gasteiger partial charge on any atom is 0.264 e. The predicted molar refractivity (Wildman–Crippen MR) is 601 cm³/mol. The SMILES string of the molecule is CC(C)(C)C1OC(C(F)F)CC[C@@H]1C(C)(C)C.CC(C)(C)C1OC(CF)CC[C@@H]1C(C)(C)C.CC(C)(C)C1OCC(C(F)F)C[C@@H]1C(C)(C)C.CC(C)(C)C1OCC(CF)C[C@@H]1C(C)(C)C.CC(C)(C)C1OCCC[C@@H]1C(C)(C)C.CC1CC[C@H](C(C)(C)C)C(C(C)(C)C)O1.CC1COC(C(C)(C)C)[C@@H](C(C)(C)C)C1.CCC1COC(C(C)(C)C)[C@@H](C(C)(C)C)C1.COCC1CC[C@H](C(C)(C)C)C(C(C)(C)C)O1. The van der Waals surface area contributed by atoms with E-state index in [-0.39, 0.29) is 139 Å². The van der Waals surface area contributed by atoms with Gasteiger partial charge in [0.15, 0.2) is 0 Å². The van der Waals surface area contributed by atoms with Crippen molar-refractivity contribution < 1.29 is 73.7 Å². The summed E-state index contributed by atoms with van der Waals surface area (Å²) in [6, 6.07) is 0. The first-order valence-electron chi connectivity index (χ1n) is 57.5. The van der Waals surface area contributed by atoms with E-state index in [0.29, 0.717) is 136 Å². The summed E-state index contributed by atoms with van der Waals surface area (Å²) in [5.41, 5.74) is 3.68. The number of rotatable bonds is 7. The highest BCUT2D eigenvalue weighted by atomic mass is 19.3. The van der Waals surface area contributed by atoms with Gasteiger partial charge in [-0.05, 0) is 259 Å². The van der Waals surface area contributed by atoms with Crippen molar-refractivity contribution in [2.24, 2.45) is 174 Å². The van der Waals surface area contributed by atoms with Crippen LogP contribution in [0, 0.1) is 174 Å². The van der Waals surface area contributed by atoms with Crippen LogP contribution in [0.5, 0.6) is 0 Å². The fourth-order valence-electron chi connectivity index (χ4n) is 24.4. The van der Waals surface area contributed by atoms with Gasteiger partial charge in [-0.1, -0.05) is 394 Å². The van der Waals surface area contributed by atoms with Crippen LogP contribution in [0.2, 0.25) is 0 Å². The van der Waals surface area contributed by atoms with E-state index in [1.54, 1.807) is 7.11 Å². The minimum Gasteiger partial charge on any atom is -0.382 e. The molecular formula is C127H248F6O10. The molecule has 17 unspecified atom stereocenters. The summed E-state index contributed by atoms with van der Waals surface area (Å²) in [5.74, 6) is 5.88. The Bertz CT molecular complexity index is 3190. The topological polar surface area (TPSA) is 92.3 Å². The molecule has 9 saturated heterocycles. The smallest absolute Gasteiger partial charge is 0.264 e. The average molecular weight is 2050 g/mol. The molecule has 0 saturated carbocycles. The van der Waals surface area contributed by atoms with Crippen LogP contribution in [-0.2, 0) is 47.4 Å². The Labute approximate surface area is 886 Å². The van der Waals surface area contributed by atoms with Crippen molar-refractivity contribution in [1.82, 2.24) is 0 Å². The van der Waals surface area contributed by atoms with Crippen LogP contribution < -0.4 is 0 Å². The fourth-order valence-corrected chi connectivity index (χ4v) is 24.4. The number of hydrogen-bond acceptors (Lipinski definition) is 10.